The average molecular weight is 272 g/mol. The Labute approximate surface area is 104 Å². The highest BCUT2D eigenvalue weighted by Gasteiger charge is 2.09. The summed E-state index contributed by atoms with van der Waals surface area (Å²) >= 11 is 5.67. The van der Waals surface area contributed by atoms with E-state index < -0.39 is 9.84 Å². The number of sulfone groups is 1. The first-order valence-corrected chi connectivity index (χ1v) is 7.89. The standard InChI is InChI=1S/C10H22ClNO3S/c1-3-16(13,14)10-4-6-12(7-5-11)8-9-15-2/h3-10H2,1-2H3. The second kappa shape index (κ2) is 9.22. The van der Waals surface area contributed by atoms with E-state index in [1.165, 1.54) is 0 Å². The van der Waals surface area contributed by atoms with Crippen LogP contribution in [0.5, 0.6) is 0 Å². The third-order valence-electron chi connectivity index (χ3n) is 2.38. The van der Waals surface area contributed by atoms with Gasteiger partial charge in [-0.05, 0) is 13.0 Å². The first kappa shape index (κ1) is 16.2. The van der Waals surface area contributed by atoms with Gasteiger partial charge in [-0.2, -0.15) is 0 Å². The maximum Gasteiger partial charge on any atom is 0.150 e. The maximum absolute atomic E-state index is 11.3. The molecule has 98 valence electrons. The SMILES string of the molecule is CCS(=O)(=O)CCCN(CCCl)CCOC. The van der Waals surface area contributed by atoms with Gasteiger partial charge in [0.15, 0.2) is 0 Å². The summed E-state index contributed by atoms with van der Waals surface area (Å²) in [6, 6.07) is 0. The summed E-state index contributed by atoms with van der Waals surface area (Å²) in [7, 11) is -1.19. The van der Waals surface area contributed by atoms with Gasteiger partial charge in [-0.15, -0.1) is 11.6 Å². The van der Waals surface area contributed by atoms with Gasteiger partial charge in [0.1, 0.15) is 9.84 Å². The Morgan fingerprint density at radius 1 is 1.25 bits per heavy atom. The first-order valence-electron chi connectivity index (χ1n) is 5.53. The fourth-order valence-corrected chi connectivity index (χ4v) is 2.42. The van der Waals surface area contributed by atoms with Gasteiger partial charge in [0.2, 0.25) is 0 Å². The van der Waals surface area contributed by atoms with E-state index in [0.29, 0.717) is 18.9 Å². The Bertz CT molecular complexity index is 257. The number of ether oxygens (including phenoxy) is 1. The molecule has 0 amide bonds. The van der Waals surface area contributed by atoms with Gasteiger partial charge < -0.3 is 4.74 Å². The zero-order chi connectivity index (χ0) is 12.4. The predicted molar refractivity (Wildman–Crippen MR) is 68.0 cm³/mol. The Kier molecular flexibility index (Phi) is 9.31. The number of methoxy groups -OCH3 is 1. The molecule has 0 heterocycles. The molecule has 0 N–H and O–H groups in total. The van der Waals surface area contributed by atoms with E-state index in [1.54, 1.807) is 14.0 Å². The molecular weight excluding hydrogens is 250 g/mol. The fourth-order valence-electron chi connectivity index (χ4n) is 1.33. The fraction of sp³-hybridized carbons (Fsp3) is 1.00. The van der Waals surface area contributed by atoms with Gasteiger partial charge in [0, 0.05) is 31.8 Å². The van der Waals surface area contributed by atoms with Crippen LogP contribution in [0.4, 0.5) is 0 Å². The summed E-state index contributed by atoms with van der Waals surface area (Å²) in [5, 5.41) is 0. The topological polar surface area (TPSA) is 46.6 Å². The van der Waals surface area contributed by atoms with Crippen LogP contribution in [0.25, 0.3) is 0 Å². The van der Waals surface area contributed by atoms with Crippen molar-refractivity contribution in [2.24, 2.45) is 0 Å². The van der Waals surface area contributed by atoms with Crippen LogP contribution in [-0.2, 0) is 14.6 Å². The summed E-state index contributed by atoms with van der Waals surface area (Å²) < 4.78 is 27.6. The smallest absolute Gasteiger partial charge is 0.150 e. The van der Waals surface area contributed by atoms with Crippen LogP contribution >= 0.6 is 11.6 Å². The van der Waals surface area contributed by atoms with E-state index in [2.05, 4.69) is 4.90 Å². The van der Waals surface area contributed by atoms with E-state index in [0.717, 1.165) is 19.6 Å². The Hall–Kier alpha value is 0.160. The van der Waals surface area contributed by atoms with Gasteiger partial charge in [-0.25, -0.2) is 8.42 Å². The molecule has 0 rings (SSSR count). The molecule has 0 fully saturated rings. The second-order valence-electron chi connectivity index (χ2n) is 3.61. The van der Waals surface area contributed by atoms with Gasteiger partial charge in [0.25, 0.3) is 0 Å². The van der Waals surface area contributed by atoms with E-state index in [-0.39, 0.29) is 11.5 Å². The summed E-state index contributed by atoms with van der Waals surface area (Å²) in [6.45, 7) is 4.66. The lowest BCUT2D eigenvalue weighted by Gasteiger charge is -2.20. The highest BCUT2D eigenvalue weighted by molar-refractivity contribution is 7.91. The largest absolute Gasteiger partial charge is 0.383 e. The van der Waals surface area contributed by atoms with Gasteiger partial charge in [-0.3, -0.25) is 4.90 Å². The predicted octanol–water partition coefficient (Wildman–Crippen LogP) is 0.998. The molecule has 0 spiro atoms. The molecule has 0 radical (unpaired) electrons. The van der Waals surface area contributed by atoms with E-state index >= 15 is 0 Å². The van der Waals surface area contributed by atoms with Crippen molar-refractivity contribution in [1.82, 2.24) is 4.90 Å². The van der Waals surface area contributed by atoms with Crippen LogP contribution in [0.2, 0.25) is 0 Å². The number of rotatable bonds is 10. The summed E-state index contributed by atoms with van der Waals surface area (Å²) in [5.74, 6) is 1.04. The number of halogens is 1. The highest BCUT2D eigenvalue weighted by Crippen LogP contribution is 1.98. The van der Waals surface area contributed by atoms with E-state index in [1.807, 2.05) is 0 Å². The van der Waals surface area contributed by atoms with Crippen molar-refractivity contribution >= 4 is 21.4 Å². The molecule has 0 atom stereocenters. The van der Waals surface area contributed by atoms with Crippen molar-refractivity contribution in [2.45, 2.75) is 13.3 Å². The molecule has 0 aromatic rings. The molecule has 4 nitrogen and oxygen atoms in total. The average Bonchev–Trinajstić information content (AvgIpc) is 2.25. The number of nitrogens with zero attached hydrogens (tertiary/aromatic N) is 1. The first-order chi connectivity index (χ1) is 7.55. The number of alkyl halides is 1. The van der Waals surface area contributed by atoms with Crippen molar-refractivity contribution in [3.05, 3.63) is 0 Å². The minimum atomic E-state index is -2.84. The molecule has 0 saturated heterocycles. The molecule has 0 aromatic heterocycles. The van der Waals surface area contributed by atoms with Crippen molar-refractivity contribution in [3.8, 4) is 0 Å². The monoisotopic (exact) mass is 271 g/mol. The molecule has 6 heteroatoms. The van der Waals surface area contributed by atoms with Crippen molar-refractivity contribution < 1.29 is 13.2 Å². The van der Waals surface area contributed by atoms with E-state index in [4.69, 9.17) is 16.3 Å². The molecule has 0 aromatic carbocycles. The third-order valence-corrected chi connectivity index (χ3v) is 4.34. The van der Waals surface area contributed by atoms with Gasteiger partial charge in [0.05, 0.1) is 12.4 Å². The lowest BCUT2D eigenvalue weighted by atomic mass is 10.4. The van der Waals surface area contributed by atoms with Crippen molar-refractivity contribution in [3.63, 3.8) is 0 Å². The lowest BCUT2D eigenvalue weighted by molar-refractivity contribution is 0.151. The molecular formula is C10H22ClNO3S. The number of hydrogen-bond acceptors (Lipinski definition) is 4. The van der Waals surface area contributed by atoms with Gasteiger partial charge >= 0.3 is 0 Å². The summed E-state index contributed by atoms with van der Waals surface area (Å²) in [5.41, 5.74) is 0. The summed E-state index contributed by atoms with van der Waals surface area (Å²) in [4.78, 5) is 2.13. The maximum atomic E-state index is 11.3. The normalized spacial score (nSPS) is 12.2. The second-order valence-corrected chi connectivity index (χ2v) is 6.46. The highest BCUT2D eigenvalue weighted by atomic mass is 35.5. The molecule has 0 aliphatic rings. The van der Waals surface area contributed by atoms with Crippen molar-refractivity contribution in [1.29, 1.82) is 0 Å². The van der Waals surface area contributed by atoms with Crippen LogP contribution in [0.3, 0.4) is 0 Å². The quantitative estimate of drug-likeness (QED) is 0.556. The molecule has 0 saturated carbocycles. The van der Waals surface area contributed by atoms with Crippen LogP contribution in [0.1, 0.15) is 13.3 Å². The zero-order valence-electron chi connectivity index (χ0n) is 10.1. The zero-order valence-corrected chi connectivity index (χ0v) is 11.7. The molecule has 0 aliphatic carbocycles. The van der Waals surface area contributed by atoms with Crippen LogP contribution in [0.15, 0.2) is 0 Å². The molecule has 16 heavy (non-hydrogen) atoms. The van der Waals surface area contributed by atoms with Gasteiger partial charge in [-0.1, -0.05) is 6.92 Å². The van der Waals surface area contributed by atoms with E-state index in [9.17, 15) is 8.42 Å². The Morgan fingerprint density at radius 2 is 1.94 bits per heavy atom. The molecule has 0 aliphatic heterocycles. The lowest BCUT2D eigenvalue weighted by Crippen LogP contribution is -2.31. The third kappa shape index (κ3) is 8.33. The Morgan fingerprint density at radius 3 is 2.44 bits per heavy atom. The van der Waals surface area contributed by atoms with Crippen molar-refractivity contribution in [2.75, 3.05) is 50.7 Å². The molecule has 0 bridgehead atoms. The number of hydrogen-bond donors (Lipinski definition) is 0. The summed E-state index contributed by atoms with van der Waals surface area (Å²) in [6.07, 6.45) is 0.663. The van der Waals surface area contributed by atoms with Crippen LogP contribution < -0.4 is 0 Å². The minimum Gasteiger partial charge on any atom is -0.383 e. The van der Waals surface area contributed by atoms with Crippen LogP contribution in [0, 0.1) is 0 Å². The van der Waals surface area contributed by atoms with Crippen LogP contribution in [-0.4, -0.2) is 64.1 Å². The molecule has 0 unspecified atom stereocenters. The minimum absolute atomic E-state index is 0.223. The Balaban J connectivity index is 3.83.